The van der Waals surface area contributed by atoms with E-state index in [9.17, 15) is 33.0 Å². The second kappa shape index (κ2) is 4.59. The summed E-state index contributed by atoms with van der Waals surface area (Å²) in [5, 5.41) is 19.7. The Labute approximate surface area is 112 Å². The second-order valence-corrected chi connectivity index (χ2v) is 5.19. The Hall–Kier alpha value is -1.35. The van der Waals surface area contributed by atoms with Gasteiger partial charge in [0, 0.05) is 39.1 Å². The van der Waals surface area contributed by atoms with Crippen molar-refractivity contribution >= 4 is 11.9 Å². The molecule has 0 spiro atoms. The fraction of sp³-hybridized carbons (Fsp3) is 0.818. The van der Waals surface area contributed by atoms with Gasteiger partial charge in [0.1, 0.15) is 5.41 Å². The van der Waals surface area contributed by atoms with Gasteiger partial charge in [0.2, 0.25) is 0 Å². The number of carbonyl (C=O) groups excluding carboxylic acids is 1. The lowest BCUT2D eigenvalue weighted by Crippen LogP contribution is -2.73. The number of alkyl halides is 3. The fourth-order valence-electron chi connectivity index (χ4n) is 2.74. The number of likely N-dealkylation sites (tertiary alicyclic amines) is 1. The number of hydrogen-bond acceptors (Lipinski definition) is 4. The molecule has 114 valence electrons. The van der Waals surface area contributed by atoms with Crippen LogP contribution < -0.4 is 0 Å². The predicted octanol–water partition coefficient (Wildman–Crippen LogP) is 0.00340. The molecule has 0 atom stereocenters. The lowest BCUT2D eigenvalue weighted by Gasteiger charge is -2.56. The second-order valence-electron chi connectivity index (χ2n) is 5.19. The van der Waals surface area contributed by atoms with Crippen LogP contribution in [0.25, 0.3) is 0 Å². The highest BCUT2D eigenvalue weighted by atomic mass is 19.4. The molecule has 0 aromatic rings. The third kappa shape index (κ3) is 2.14. The van der Waals surface area contributed by atoms with E-state index in [1.54, 1.807) is 0 Å². The number of ether oxygens (including phenoxy) is 1. The summed E-state index contributed by atoms with van der Waals surface area (Å²) < 4.78 is 41.9. The van der Waals surface area contributed by atoms with E-state index in [0.29, 0.717) is 4.90 Å². The Kier molecular flexibility index (Phi) is 3.45. The Bertz CT molecular complexity index is 424. The first kappa shape index (κ1) is 15.0. The summed E-state index contributed by atoms with van der Waals surface area (Å²) in [6.45, 7) is -1.01. The maximum absolute atomic E-state index is 12.3. The van der Waals surface area contributed by atoms with Crippen molar-refractivity contribution in [3.63, 3.8) is 0 Å². The molecule has 0 aliphatic carbocycles. The molecule has 1 amide bonds. The first-order valence-electron chi connectivity index (χ1n) is 6.02. The van der Waals surface area contributed by atoms with Gasteiger partial charge in [-0.25, -0.2) is 0 Å². The number of carboxylic acid groups (broad SMARTS) is 1. The molecule has 2 aliphatic rings. The van der Waals surface area contributed by atoms with Gasteiger partial charge in [-0.3, -0.25) is 9.59 Å². The number of amides is 1. The van der Waals surface area contributed by atoms with E-state index in [-0.39, 0.29) is 26.1 Å². The van der Waals surface area contributed by atoms with Crippen LogP contribution in [-0.4, -0.2) is 65.1 Å². The van der Waals surface area contributed by atoms with E-state index >= 15 is 0 Å². The van der Waals surface area contributed by atoms with Gasteiger partial charge in [0.05, 0.1) is 5.60 Å². The number of nitrogens with zero attached hydrogens (tertiary/aromatic N) is 1. The van der Waals surface area contributed by atoms with Gasteiger partial charge in [-0.05, 0) is 0 Å². The molecule has 0 saturated carbocycles. The summed E-state index contributed by atoms with van der Waals surface area (Å²) in [6.07, 6.45) is -5.00. The summed E-state index contributed by atoms with van der Waals surface area (Å²) in [5.74, 6) is -3.47. The van der Waals surface area contributed by atoms with Crippen LogP contribution in [0.3, 0.4) is 0 Å². The number of halogens is 3. The quantitative estimate of drug-likeness (QED) is 0.749. The SMILES string of the molecule is O=C(N1CC(C(=O)O)(C2(O)CCOCC2)C1)C(F)(F)F. The highest BCUT2D eigenvalue weighted by molar-refractivity contribution is 5.87. The Balaban J connectivity index is 2.16. The van der Waals surface area contributed by atoms with Gasteiger partial charge in [-0.15, -0.1) is 0 Å². The molecule has 2 heterocycles. The first-order chi connectivity index (χ1) is 9.12. The molecule has 9 heteroatoms. The summed E-state index contributed by atoms with van der Waals surface area (Å²) in [5.41, 5.74) is -3.41. The molecule has 0 unspecified atom stereocenters. The normalized spacial score (nSPS) is 24.9. The first-order valence-corrected chi connectivity index (χ1v) is 6.02. The third-order valence-corrected chi connectivity index (χ3v) is 4.07. The van der Waals surface area contributed by atoms with E-state index in [4.69, 9.17) is 4.74 Å². The van der Waals surface area contributed by atoms with Crippen molar-refractivity contribution in [1.82, 2.24) is 4.90 Å². The van der Waals surface area contributed by atoms with Crippen molar-refractivity contribution in [2.45, 2.75) is 24.6 Å². The summed E-state index contributed by atoms with van der Waals surface area (Å²) >= 11 is 0. The van der Waals surface area contributed by atoms with Crippen molar-refractivity contribution in [3.05, 3.63) is 0 Å². The summed E-state index contributed by atoms with van der Waals surface area (Å²) in [4.78, 5) is 22.9. The topological polar surface area (TPSA) is 87.1 Å². The number of aliphatic carboxylic acids is 1. The van der Waals surface area contributed by atoms with Gasteiger partial charge in [0.25, 0.3) is 0 Å². The molecular weight excluding hydrogens is 283 g/mol. The van der Waals surface area contributed by atoms with Gasteiger partial charge in [-0.1, -0.05) is 0 Å². The fourth-order valence-corrected chi connectivity index (χ4v) is 2.74. The predicted molar refractivity (Wildman–Crippen MR) is 57.7 cm³/mol. The molecule has 0 radical (unpaired) electrons. The van der Waals surface area contributed by atoms with E-state index < -0.39 is 42.2 Å². The summed E-state index contributed by atoms with van der Waals surface area (Å²) in [6, 6.07) is 0. The van der Waals surface area contributed by atoms with Crippen molar-refractivity contribution in [2.24, 2.45) is 5.41 Å². The van der Waals surface area contributed by atoms with E-state index in [2.05, 4.69) is 0 Å². The standard InChI is InChI=1S/C11H14F3NO5/c12-11(13,14)7(16)15-5-9(6-15,8(17)18)10(19)1-3-20-4-2-10/h19H,1-6H2,(H,17,18). The highest BCUT2D eigenvalue weighted by Gasteiger charge is 2.65. The monoisotopic (exact) mass is 297 g/mol. The highest BCUT2D eigenvalue weighted by Crippen LogP contribution is 2.47. The van der Waals surface area contributed by atoms with Gasteiger partial charge in [0.15, 0.2) is 0 Å². The van der Waals surface area contributed by atoms with Crippen LogP contribution in [0.15, 0.2) is 0 Å². The molecule has 6 nitrogen and oxygen atoms in total. The van der Waals surface area contributed by atoms with Gasteiger partial charge >= 0.3 is 18.1 Å². The molecular formula is C11H14F3NO5. The minimum Gasteiger partial charge on any atom is -0.481 e. The smallest absolute Gasteiger partial charge is 0.471 e. The van der Waals surface area contributed by atoms with Crippen LogP contribution in [0.5, 0.6) is 0 Å². The van der Waals surface area contributed by atoms with Crippen molar-refractivity contribution < 1.29 is 37.7 Å². The average molecular weight is 297 g/mol. The Morgan fingerprint density at radius 1 is 1.15 bits per heavy atom. The zero-order chi connectivity index (χ0) is 15.2. The molecule has 2 aliphatic heterocycles. The van der Waals surface area contributed by atoms with E-state index in [1.807, 2.05) is 0 Å². The average Bonchev–Trinajstić information content (AvgIpc) is 2.26. The van der Waals surface area contributed by atoms with Crippen molar-refractivity contribution in [2.75, 3.05) is 26.3 Å². The Morgan fingerprint density at radius 2 is 1.65 bits per heavy atom. The zero-order valence-corrected chi connectivity index (χ0v) is 10.4. The van der Waals surface area contributed by atoms with Crippen LogP contribution in [-0.2, 0) is 14.3 Å². The lowest BCUT2D eigenvalue weighted by atomic mass is 9.63. The van der Waals surface area contributed by atoms with Crippen LogP contribution in [0.1, 0.15) is 12.8 Å². The number of carbonyl (C=O) groups is 2. The largest absolute Gasteiger partial charge is 0.481 e. The molecule has 0 aromatic heterocycles. The molecule has 0 bridgehead atoms. The van der Waals surface area contributed by atoms with Crippen LogP contribution in [0.4, 0.5) is 13.2 Å². The zero-order valence-electron chi connectivity index (χ0n) is 10.4. The number of aliphatic hydroxyl groups is 1. The molecule has 2 rings (SSSR count). The number of rotatable bonds is 2. The number of carboxylic acids is 1. The third-order valence-electron chi connectivity index (χ3n) is 4.07. The van der Waals surface area contributed by atoms with E-state index in [0.717, 1.165) is 0 Å². The Morgan fingerprint density at radius 3 is 2.05 bits per heavy atom. The maximum atomic E-state index is 12.3. The molecule has 0 aromatic carbocycles. The molecule has 2 N–H and O–H groups in total. The summed E-state index contributed by atoms with van der Waals surface area (Å²) in [7, 11) is 0. The van der Waals surface area contributed by atoms with Crippen molar-refractivity contribution in [3.8, 4) is 0 Å². The molecule has 2 saturated heterocycles. The van der Waals surface area contributed by atoms with E-state index in [1.165, 1.54) is 0 Å². The van der Waals surface area contributed by atoms with Crippen LogP contribution in [0.2, 0.25) is 0 Å². The van der Waals surface area contributed by atoms with Crippen molar-refractivity contribution in [1.29, 1.82) is 0 Å². The molecule has 20 heavy (non-hydrogen) atoms. The minimum atomic E-state index is -5.04. The van der Waals surface area contributed by atoms with Crippen LogP contribution in [0, 0.1) is 5.41 Å². The number of hydrogen-bond donors (Lipinski definition) is 2. The van der Waals surface area contributed by atoms with Gasteiger partial charge < -0.3 is 19.8 Å². The van der Waals surface area contributed by atoms with Gasteiger partial charge in [-0.2, -0.15) is 13.2 Å². The molecule has 2 fully saturated rings. The van der Waals surface area contributed by atoms with Crippen LogP contribution >= 0.6 is 0 Å². The maximum Gasteiger partial charge on any atom is 0.471 e. The minimum absolute atomic E-state index is 0.0212. The lowest BCUT2D eigenvalue weighted by molar-refractivity contribution is -0.229.